The summed E-state index contributed by atoms with van der Waals surface area (Å²) in [5, 5.41) is 10.9. The van der Waals surface area contributed by atoms with Crippen molar-refractivity contribution in [1.82, 2.24) is 15.0 Å². The van der Waals surface area contributed by atoms with E-state index in [0.717, 1.165) is 6.20 Å². The molecule has 0 aromatic carbocycles. The van der Waals surface area contributed by atoms with E-state index in [-0.39, 0.29) is 29.4 Å². The SMILES string of the molecule is CCCCS(=O)(=O)NC(=O)c1cnc(C(=O)NCC(=O)O)c(OCCC(C)C)c1. The third-order valence-corrected chi connectivity index (χ3v) is 5.02. The van der Waals surface area contributed by atoms with Crippen LogP contribution in [0.4, 0.5) is 0 Å². The monoisotopic (exact) mass is 429 g/mol. The van der Waals surface area contributed by atoms with Crippen LogP contribution in [0.2, 0.25) is 0 Å². The molecule has 1 aromatic heterocycles. The summed E-state index contributed by atoms with van der Waals surface area (Å²) in [5.41, 5.74) is -0.292. The molecule has 0 saturated carbocycles. The molecular formula is C18H27N3O7S. The molecule has 0 spiro atoms. The number of carboxylic acid groups (broad SMARTS) is 1. The van der Waals surface area contributed by atoms with Crippen LogP contribution in [0.3, 0.4) is 0 Å². The Labute approximate surface area is 170 Å². The first-order valence-corrected chi connectivity index (χ1v) is 10.9. The van der Waals surface area contributed by atoms with E-state index in [1.54, 1.807) is 0 Å². The lowest BCUT2D eigenvalue weighted by molar-refractivity contribution is -0.135. The number of nitrogens with one attached hydrogen (secondary N) is 2. The Hall–Kier alpha value is -2.69. The number of carbonyl (C=O) groups excluding carboxylic acids is 2. The van der Waals surface area contributed by atoms with Crippen LogP contribution in [-0.2, 0) is 14.8 Å². The van der Waals surface area contributed by atoms with Gasteiger partial charge in [-0.3, -0.25) is 14.4 Å². The topological polar surface area (TPSA) is 152 Å². The first kappa shape index (κ1) is 24.3. The molecule has 0 saturated heterocycles. The lowest BCUT2D eigenvalue weighted by Crippen LogP contribution is -2.33. The molecular weight excluding hydrogens is 402 g/mol. The van der Waals surface area contributed by atoms with E-state index >= 15 is 0 Å². The van der Waals surface area contributed by atoms with Crippen LogP contribution in [0.25, 0.3) is 0 Å². The number of unbranched alkanes of at least 4 members (excludes halogenated alkanes) is 1. The molecule has 0 radical (unpaired) electrons. The Balaban J connectivity index is 3.06. The maximum Gasteiger partial charge on any atom is 0.322 e. The minimum absolute atomic E-state index is 0.0351. The first-order chi connectivity index (χ1) is 13.6. The second-order valence-electron chi connectivity index (χ2n) is 6.78. The van der Waals surface area contributed by atoms with E-state index in [1.165, 1.54) is 6.07 Å². The normalized spacial score (nSPS) is 11.2. The molecule has 0 unspecified atom stereocenters. The molecule has 0 fully saturated rings. The van der Waals surface area contributed by atoms with Crippen molar-refractivity contribution in [3.63, 3.8) is 0 Å². The van der Waals surface area contributed by atoms with Crippen molar-refractivity contribution in [1.29, 1.82) is 0 Å². The third-order valence-electron chi connectivity index (χ3n) is 3.70. The average Bonchev–Trinajstić information content (AvgIpc) is 2.63. The van der Waals surface area contributed by atoms with Crippen LogP contribution in [0.5, 0.6) is 5.75 Å². The Bertz CT molecular complexity index is 838. The Morgan fingerprint density at radius 1 is 1.24 bits per heavy atom. The number of nitrogens with zero attached hydrogens (tertiary/aromatic N) is 1. The van der Waals surface area contributed by atoms with Gasteiger partial charge in [-0.1, -0.05) is 27.2 Å². The number of sulfonamides is 1. The number of amides is 2. The summed E-state index contributed by atoms with van der Waals surface area (Å²) < 4.78 is 31.4. The highest BCUT2D eigenvalue weighted by Gasteiger charge is 2.21. The number of aliphatic carboxylic acids is 1. The van der Waals surface area contributed by atoms with Gasteiger partial charge >= 0.3 is 5.97 Å². The summed E-state index contributed by atoms with van der Waals surface area (Å²) in [4.78, 5) is 39.0. The van der Waals surface area contributed by atoms with Gasteiger partial charge in [0.15, 0.2) is 11.4 Å². The zero-order chi connectivity index (χ0) is 22.0. The molecule has 0 atom stereocenters. The molecule has 3 N–H and O–H groups in total. The van der Waals surface area contributed by atoms with Gasteiger partial charge in [0.25, 0.3) is 11.8 Å². The van der Waals surface area contributed by atoms with Crippen LogP contribution < -0.4 is 14.8 Å². The molecule has 1 heterocycles. The van der Waals surface area contributed by atoms with Gasteiger partial charge in [0.1, 0.15) is 6.54 Å². The molecule has 0 aliphatic carbocycles. The van der Waals surface area contributed by atoms with Crippen LogP contribution >= 0.6 is 0 Å². The van der Waals surface area contributed by atoms with E-state index < -0.39 is 34.4 Å². The molecule has 1 rings (SSSR count). The van der Waals surface area contributed by atoms with Gasteiger partial charge < -0.3 is 15.2 Å². The van der Waals surface area contributed by atoms with Crippen molar-refractivity contribution in [2.75, 3.05) is 18.9 Å². The summed E-state index contributed by atoms with van der Waals surface area (Å²) >= 11 is 0. The van der Waals surface area contributed by atoms with Gasteiger partial charge in [-0.05, 0) is 24.8 Å². The van der Waals surface area contributed by atoms with Crippen molar-refractivity contribution in [3.8, 4) is 5.75 Å². The van der Waals surface area contributed by atoms with Crippen molar-refractivity contribution < 1.29 is 32.6 Å². The smallest absolute Gasteiger partial charge is 0.322 e. The van der Waals surface area contributed by atoms with Gasteiger partial charge in [0, 0.05) is 6.20 Å². The number of aromatic nitrogens is 1. The third kappa shape index (κ3) is 8.90. The molecule has 0 aliphatic rings. The van der Waals surface area contributed by atoms with Crippen LogP contribution in [0, 0.1) is 5.92 Å². The van der Waals surface area contributed by atoms with Crippen LogP contribution in [0.1, 0.15) is 60.9 Å². The number of hydrogen-bond donors (Lipinski definition) is 3. The number of carbonyl (C=O) groups is 3. The van der Waals surface area contributed by atoms with E-state index in [1.807, 2.05) is 25.5 Å². The fourth-order valence-electron chi connectivity index (χ4n) is 2.08. The standard InChI is InChI=1S/C18H27N3O7S/c1-4-5-8-29(26,27)21-17(24)13-9-14(28-7-6-12(2)3)16(19-10-13)18(25)20-11-15(22)23/h9-10,12H,4-8,11H2,1-3H3,(H,20,25)(H,21,24)(H,22,23). The largest absolute Gasteiger partial charge is 0.491 e. The lowest BCUT2D eigenvalue weighted by atomic mass is 10.1. The minimum atomic E-state index is -3.79. The van der Waals surface area contributed by atoms with Crippen LogP contribution in [-0.4, -0.2) is 55.2 Å². The highest BCUT2D eigenvalue weighted by atomic mass is 32.2. The Morgan fingerprint density at radius 3 is 2.52 bits per heavy atom. The summed E-state index contributed by atoms with van der Waals surface area (Å²) in [6.07, 6.45) is 2.77. The van der Waals surface area contributed by atoms with Gasteiger partial charge in [0.2, 0.25) is 10.0 Å². The van der Waals surface area contributed by atoms with Crippen molar-refractivity contribution in [3.05, 3.63) is 23.5 Å². The van der Waals surface area contributed by atoms with Crippen molar-refractivity contribution in [2.24, 2.45) is 5.92 Å². The van der Waals surface area contributed by atoms with Gasteiger partial charge in [-0.2, -0.15) is 0 Å². The van der Waals surface area contributed by atoms with E-state index in [0.29, 0.717) is 25.2 Å². The zero-order valence-corrected chi connectivity index (χ0v) is 17.5. The highest BCUT2D eigenvalue weighted by Crippen LogP contribution is 2.19. The number of rotatable bonds is 12. The molecule has 162 valence electrons. The second kappa shape index (κ2) is 11.3. The molecule has 29 heavy (non-hydrogen) atoms. The number of ether oxygens (including phenoxy) is 1. The molecule has 0 aliphatic heterocycles. The van der Waals surface area contributed by atoms with Crippen molar-refractivity contribution >= 4 is 27.8 Å². The van der Waals surface area contributed by atoms with Crippen LogP contribution in [0.15, 0.2) is 12.3 Å². The number of pyridine rings is 1. The van der Waals surface area contributed by atoms with E-state index in [9.17, 15) is 22.8 Å². The Morgan fingerprint density at radius 2 is 1.93 bits per heavy atom. The van der Waals surface area contributed by atoms with Gasteiger partial charge in [-0.15, -0.1) is 0 Å². The molecule has 1 aromatic rings. The predicted octanol–water partition coefficient (Wildman–Crippen LogP) is 1.18. The summed E-state index contributed by atoms with van der Waals surface area (Å²) in [6.45, 7) is 5.42. The average molecular weight is 429 g/mol. The highest BCUT2D eigenvalue weighted by molar-refractivity contribution is 7.90. The molecule has 11 heteroatoms. The van der Waals surface area contributed by atoms with Gasteiger partial charge in [0.05, 0.1) is 17.9 Å². The lowest BCUT2D eigenvalue weighted by Gasteiger charge is -2.13. The summed E-state index contributed by atoms with van der Waals surface area (Å²) in [7, 11) is -3.79. The summed E-state index contributed by atoms with van der Waals surface area (Å²) in [6, 6.07) is 1.22. The first-order valence-electron chi connectivity index (χ1n) is 9.23. The summed E-state index contributed by atoms with van der Waals surface area (Å²) in [5.74, 6) is -2.80. The molecule has 10 nitrogen and oxygen atoms in total. The quantitative estimate of drug-likeness (QED) is 0.448. The zero-order valence-electron chi connectivity index (χ0n) is 16.7. The van der Waals surface area contributed by atoms with Crippen molar-refractivity contribution in [2.45, 2.75) is 40.0 Å². The van der Waals surface area contributed by atoms with Gasteiger partial charge in [-0.25, -0.2) is 18.1 Å². The van der Waals surface area contributed by atoms with E-state index in [2.05, 4.69) is 10.3 Å². The second-order valence-corrected chi connectivity index (χ2v) is 8.62. The molecule has 2 amide bonds. The van der Waals surface area contributed by atoms with E-state index in [4.69, 9.17) is 9.84 Å². The number of carboxylic acids is 1. The maximum atomic E-state index is 12.3. The maximum absolute atomic E-state index is 12.3. The fourth-order valence-corrected chi connectivity index (χ4v) is 3.25. The number of hydrogen-bond acceptors (Lipinski definition) is 7. The minimum Gasteiger partial charge on any atom is -0.491 e. The Kier molecular flexibility index (Phi) is 9.53. The predicted molar refractivity (Wildman–Crippen MR) is 105 cm³/mol. The fraction of sp³-hybridized carbons (Fsp3) is 0.556. The molecule has 0 bridgehead atoms.